The standard InChI is InChI=1S/C22H32N6O2/c1-4-11-23-22(29)30-15-6-5-14(12-15)18-13-21(27-26-18)25-20-10-7-16-17(24-20)8-9-19(16)28(2)3/h7,10,13-15,19H,4-6,8-9,11-12H2,1-3H3,(H,23,29)(H2,24,25,26,27)/t14?,15?,19-/m0/s1. The van der Waals surface area contributed by atoms with Crippen molar-refractivity contribution in [3.05, 3.63) is 35.2 Å². The highest BCUT2D eigenvalue weighted by Crippen LogP contribution is 2.37. The van der Waals surface area contributed by atoms with Gasteiger partial charge in [-0.25, -0.2) is 9.78 Å². The number of alkyl carbamates (subject to hydrolysis) is 1. The molecular formula is C22H32N6O2. The van der Waals surface area contributed by atoms with Crippen LogP contribution in [0, 0.1) is 0 Å². The monoisotopic (exact) mass is 412 g/mol. The zero-order valence-corrected chi connectivity index (χ0v) is 18.1. The van der Waals surface area contributed by atoms with Gasteiger partial charge in [0.15, 0.2) is 5.82 Å². The van der Waals surface area contributed by atoms with Crippen molar-refractivity contribution in [2.75, 3.05) is 26.0 Å². The van der Waals surface area contributed by atoms with Gasteiger partial charge in [0.1, 0.15) is 11.9 Å². The molecule has 8 heteroatoms. The van der Waals surface area contributed by atoms with E-state index in [-0.39, 0.29) is 12.2 Å². The van der Waals surface area contributed by atoms with Gasteiger partial charge in [0.2, 0.25) is 0 Å². The van der Waals surface area contributed by atoms with Gasteiger partial charge >= 0.3 is 6.09 Å². The predicted molar refractivity (Wildman–Crippen MR) is 116 cm³/mol. The molecule has 1 saturated carbocycles. The first kappa shape index (κ1) is 20.7. The van der Waals surface area contributed by atoms with Crippen molar-refractivity contribution >= 4 is 17.7 Å². The number of aromatic nitrogens is 3. The fraction of sp³-hybridized carbons (Fsp3) is 0.591. The zero-order chi connectivity index (χ0) is 21.1. The molecule has 1 amide bonds. The van der Waals surface area contributed by atoms with Gasteiger partial charge in [0.05, 0.1) is 0 Å². The topological polar surface area (TPSA) is 95.2 Å². The summed E-state index contributed by atoms with van der Waals surface area (Å²) < 4.78 is 5.52. The Morgan fingerprint density at radius 3 is 2.93 bits per heavy atom. The van der Waals surface area contributed by atoms with Crippen LogP contribution >= 0.6 is 0 Å². The van der Waals surface area contributed by atoms with E-state index in [1.807, 2.05) is 19.1 Å². The summed E-state index contributed by atoms with van der Waals surface area (Å²) in [6.07, 6.45) is 5.37. The lowest BCUT2D eigenvalue weighted by atomic mass is 10.0. The molecule has 30 heavy (non-hydrogen) atoms. The second-order valence-electron chi connectivity index (χ2n) is 8.55. The van der Waals surface area contributed by atoms with Gasteiger partial charge in [-0.15, -0.1) is 0 Å². The Kier molecular flexibility index (Phi) is 6.22. The number of hydrogen-bond acceptors (Lipinski definition) is 6. The molecule has 8 nitrogen and oxygen atoms in total. The first-order chi connectivity index (χ1) is 14.5. The van der Waals surface area contributed by atoms with Crippen LogP contribution in [-0.4, -0.2) is 52.9 Å². The van der Waals surface area contributed by atoms with E-state index in [0.717, 1.165) is 55.9 Å². The number of H-pyrrole nitrogens is 1. The minimum absolute atomic E-state index is 0.0328. The number of ether oxygens (including phenoxy) is 1. The van der Waals surface area contributed by atoms with Gasteiger partial charge in [-0.2, -0.15) is 5.10 Å². The molecule has 0 radical (unpaired) electrons. The minimum Gasteiger partial charge on any atom is -0.446 e. The summed E-state index contributed by atoms with van der Waals surface area (Å²) in [7, 11) is 4.24. The van der Waals surface area contributed by atoms with Crippen molar-refractivity contribution in [3.63, 3.8) is 0 Å². The number of aryl methyl sites for hydroxylation is 1. The molecule has 0 bridgehead atoms. The van der Waals surface area contributed by atoms with Gasteiger partial charge in [-0.1, -0.05) is 13.0 Å². The average molecular weight is 413 g/mol. The zero-order valence-electron chi connectivity index (χ0n) is 18.1. The number of rotatable bonds is 7. The third kappa shape index (κ3) is 4.59. The predicted octanol–water partition coefficient (Wildman–Crippen LogP) is 3.87. The number of aromatic amines is 1. The maximum Gasteiger partial charge on any atom is 0.407 e. The minimum atomic E-state index is -0.311. The molecule has 2 aromatic heterocycles. The maximum absolute atomic E-state index is 11.8. The quantitative estimate of drug-likeness (QED) is 0.639. The van der Waals surface area contributed by atoms with Crippen molar-refractivity contribution in [2.45, 2.75) is 63.5 Å². The number of amides is 1. The Hall–Kier alpha value is -2.61. The number of fused-ring (bicyclic) bond motifs is 1. The molecule has 2 heterocycles. The molecule has 0 aromatic carbocycles. The first-order valence-electron chi connectivity index (χ1n) is 11.0. The van der Waals surface area contributed by atoms with E-state index in [4.69, 9.17) is 9.72 Å². The largest absolute Gasteiger partial charge is 0.446 e. The van der Waals surface area contributed by atoms with E-state index in [1.165, 1.54) is 11.3 Å². The van der Waals surface area contributed by atoms with Crippen LogP contribution in [0.25, 0.3) is 0 Å². The van der Waals surface area contributed by atoms with Crippen LogP contribution in [0.15, 0.2) is 18.2 Å². The van der Waals surface area contributed by atoms with Crippen LogP contribution in [0.4, 0.5) is 16.4 Å². The first-order valence-corrected chi connectivity index (χ1v) is 11.0. The fourth-order valence-corrected chi connectivity index (χ4v) is 4.54. The molecule has 4 rings (SSSR count). The molecular weight excluding hydrogens is 380 g/mol. The summed E-state index contributed by atoms with van der Waals surface area (Å²) >= 11 is 0. The van der Waals surface area contributed by atoms with Gasteiger partial charge in [-0.3, -0.25) is 5.10 Å². The van der Waals surface area contributed by atoms with E-state index >= 15 is 0 Å². The molecule has 162 valence electrons. The van der Waals surface area contributed by atoms with Gasteiger partial charge in [-0.05, 0) is 64.3 Å². The molecule has 3 atom stereocenters. The Bertz CT molecular complexity index is 880. The Morgan fingerprint density at radius 2 is 2.13 bits per heavy atom. The smallest absolute Gasteiger partial charge is 0.407 e. The van der Waals surface area contributed by atoms with E-state index in [9.17, 15) is 4.79 Å². The Balaban J connectivity index is 1.34. The maximum atomic E-state index is 11.8. The van der Waals surface area contributed by atoms with Gasteiger partial charge in [0.25, 0.3) is 0 Å². The van der Waals surface area contributed by atoms with Crippen LogP contribution in [0.1, 0.15) is 67.9 Å². The average Bonchev–Trinajstić information content (AvgIpc) is 3.45. The number of hydrogen-bond donors (Lipinski definition) is 3. The van der Waals surface area contributed by atoms with E-state index < -0.39 is 0 Å². The van der Waals surface area contributed by atoms with E-state index in [2.05, 4.69) is 45.9 Å². The number of nitrogens with one attached hydrogen (secondary N) is 3. The van der Waals surface area contributed by atoms with Crippen LogP contribution in [-0.2, 0) is 11.2 Å². The van der Waals surface area contributed by atoms with Crippen molar-refractivity contribution in [3.8, 4) is 0 Å². The Labute approximate surface area is 177 Å². The summed E-state index contributed by atoms with van der Waals surface area (Å²) in [5.74, 6) is 1.92. The highest BCUT2D eigenvalue weighted by Gasteiger charge is 2.30. The van der Waals surface area contributed by atoms with Crippen molar-refractivity contribution in [2.24, 2.45) is 0 Å². The van der Waals surface area contributed by atoms with E-state index in [0.29, 0.717) is 18.5 Å². The normalized spacial score (nSPS) is 22.9. The lowest BCUT2D eigenvalue weighted by Gasteiger charge is -2.19. The summed E-state index contributed by atoms with van der Waals surface area (Å²) in [5.41, 5.74) is 3.58. The number of anilines is 2. The molecule has 2 aliphatic rings. The number of nitrogens with zero attached hydrogens (tertiary/aromatic N) is 3. The second-order valence-corrected chi connectivity index (χ2v) is 8.55. The molecule has 2 aromatic rings. The van der Waals surface area contributed by atoms with Crippen LogP contribution in [0.5, 0.6) is 0 Å². The third-order valence-corrected chi connectivity index (χ3v) is 6.12. The summed E-state index contributed by atoms with van der Waals surface area (Å²) in [4.78, 5) is 18.8. The highest BCUT2D eigenvalue weighted by molar-refractivity contribution is 5.67. The molecule has 0 spiro atoms. The summed E-state index contributed by atoms with van der Waals surface area (Å²) in [6.45, 7) is 2.67. The molecule has 0 saturated heterocycles. The lowest BCUT2D eigenvalue weighted by molar-refractivity contribution is 0.100. The fourth-order valence-electron chi connectivity index (χ4n) is 4.54. The molecule has 2 aliphatic carbocycles. The number of carbonyl (C=O) groups excluding carboxylic acids is 1. The highest BCUT2D eigenvalue weighted by atomic mass is 16.6. The number of pyridine rings is 1. The summed E-state index contributed by atoms with van der Waals surface area (Å²) in [5, 5.41) is 13.7. The van der Waals surface area contributed by atoms with Gasteiger partial charge < -0.3 is 20.3 Å². The lowest BCUT2D eigenvalue weighted by Crippen LogP contribution is -2.28. The van der Waals surface area contributed by atoms with Crippen molar-refractivity contribution in [1.29, 1.82) is 0 Å². The molecule has 0 aliphatic heterocycles. The number of carbonyl (C=O) groups is 1. The van der Waals surface area contributed by atoms with Crippen LogP contribution in [0.3, 0.4) is 0 Å². The van der Waals surface area contributed by atoms with Crippen LogP contribution in [0.2, 0.25) is 0 Å². The third-order valence-electron chi connectivity index (χ3n) is 6.12. The molecule has 2 unspecified atom stereocenters. The van der Waals surface area contributed by atoms with Crippen molar-refractivity contribution in [1.82, 2.24) is 25.4 Å². The van der Waals surface area contributed by atoms with Gasteiger partial charge in [0, 0.05) is 36.0 Å². The molecule has 3 N–H and O–H groups in total. The summed E-state index contributed by atoms with van der Waals surface area (Å²) in [6, 6.07) is 6.71. The van der Waals surface area contributed by atoms with E-state index in [1.54, 1.807) is 0 Å². The van der Waals surface area contributed by atoms with Crippen molar-refractivity contribution < 1.29 is 9.53 Å². The second kappa shape index (κ2) is 9.04. The Morgan fingerprint density at radius 1 is 1.27 bits per heavy atom. The van der Waals surface area contributed by atoms with Crippen LogP contribution < -0.4 is 10.6 Å². The SMILES string of the molecule is CCCNC(=O)OC1CCC(c2cc(Nc3ccc4c(n3)CC[C@@H]4N(C)C)n[nH]2)C1. The molecule has 1 fully saturated rings.